The first-order chi connectivity index (χ1) is 12.9. The van der Waals surface area contributed by atoms with Crippen molar-refractivity contribution < 1.29 is 4.79 Å². The summed E-state index contributed by atoms with van der Waals surface area (Å²) in [5.41, 5.74) is 5.33. The van der Waals surface area contributed by atoms with E-state index in [1.54, 1.807) is 11.3 Å². The Labute approximate surface area is 163 Å². The number of pyridine rings is 1. The molecular weight excluding hydrogens is 352 g/mol. The van der Waals surface area contributed by atoms with Crippen LogP contribution in [0.5, 0.6) is 0 Å². The Kier molecular flexibility index (Phi) is 3.57. The van der Waals surface area contributed by atoms with Gasteiger partial charge in [0.1, 0.15) is 0 Å². The zero-order valence-corrected chi connectivity index (χ0v) is 16.6. The third kappa shape index (κ3) is 2.62. The van der Waals surface area contributed by atoms with Crippen LogP contribution in [0.4, 0.5) is 5.69 Å². The van der Waals surface area contributed by atoms with Crippen LogP contribution in [0.2, 0.25) is 0 Å². The quantitative estimate of drug-likeness (QED) is 0.585. The minimum atomic E-state index is -0.00792. The second-order valence-corrected chi connectivity index (χ2v) is 9.76. The van der Waals surface area contributed by atoms with Gasteiger partial charge in [0.25, 0.3) is 0 Å². The van der Waals surface area contributed by atoms with Crippen LogP contribution in [0.1, 0.15) is 47.9 Å². The van der Waals surface area contributed by atoms with Gasteiger partial charge >= 0.3 is 0 Å². The Bertz CT molecular complexity index is 1120. The molecule has 1 atom stereocenters. The first-order valence-corrected chi connectivity index (χ1v) is 10.2. The first-order valence-electron chi connectivity index (χ1n) is 9.40. The number of anilines is 1. The van der Waals surface area contributed by atoms with E-state index in [1.807, 2.05) is 12.3 Å². The van der Waals surface area contributed by atoms with Crippen molar-refractivity contribution in [2.24, 2.45) is 5.41 Å². The minimum Gasteiger partial charge on any atom is -0.358 e. The molecule has 5 rings (SSSR count). The molecule has 0 fully saturated rings. The topological polar surface area (TPSA) is 42.0 Å². The van der Waals surface area contributed by atoms with E-state index in [9.17, 15) is 4.79 Å². The molecule has 0 spiro atoms. The van der Waals surface area contributed by atoms with E-state index in [2.05, 4.69) is 61.4 Å². The molecule has 0 saturated heterocycles. The van der Waals surface area contributed by atoms with Gasteiger partial charge in [-0.05, 0) is 54.7 Å². The van der Waals surface area contributed by atoms with Crippen LogP contribution in [-0.2, 0) is 4.79 Å². The van der Waals surface area contributed by atoms with Crippen LogP contribution in [0.3, 0.4) is 0 Å². The summed E-state index contributed by atoms with van der Waals surface area (Å²) in [5.74, 6) is 0.266. The Morgan fingerprint density at radius 2 is 2.00 bits per heavy atom. The van der Waals surface area contributed by atoms with Crippen LogP contribution in [0.25, 0.3) is 10.9 Å². The van der Waals surface area contributed by atoms with Crippen LogP contribution in [-0.4, -0.2) is 10.8 Å². The first kappa shape index (κ1) is 16.7. The fourth-order valence-corrected chi connectivity index (χ4v) is 5.57. The predicted molar refractivity (Wildman–Crippen MR) is 111 cm³/mol. The maximum absolute atomic E-state index is 13.3. The number of aryl methyl sites for hydroxylation is 1. The number of carbonyl (C=O) groups excluding carboxylic acids is 1. The van der Waals surface area contributed by atoms with Gasteiger partial charge in [-0.2, -0.15) is 0 Å². The number of allylic oxidation sites excluding steroid dienone is 2. The molecule has 2 aliphatic rings. The van der Waals surface area contributed by atoms with Gasteiger partial charge in [-0.15, -0.1) is 11.3 Å². The van der Waals surface area contributed by atoms with Crippen LogP contribution >= 0.6 is 11.3 Å². The second-order valence-electron chi connectivity index (χ2n) is 8.44. The van der Waals surface area contributed by atoms with E-state index in [0.29, 0.717) is 6.42 Å². The lowest BCUT2D eigenvalue weighted by molar-refractivity contribution is -0.118. The Hall–Kier alpha value is -2.46. The number of benzene rings is 1. The number of thiophene rings is 1. The fourth-order valence-electron chi connectivity index (χ4n) is 4.58. The number of rotatable bonds is 1. The standard InChI is InChI=1S/C23H22N2OS/c1-13-6-9-19(27-13)22-20-14-5-4-10-24-15(14)7-8-16(20)25-17-11-23(2,3)12-18(26)21(17)22/h4-10,22,25H,11-12H2,1-3H3. The van der Waals surface area contributed by atoms with E-state index < -0.39 is 0 Å². The molecule has 4 heteroatoms. The average molecular weight is 375 g/mol. The highest BCUT2D eigenvalue weighted by atomic mass is 32.1. The summed E-state index contributed by atoms with van der Waals surface area (Å²) >= 11 is 1.79. The molecule has 1 aliphatic carbocycles. The number of aromatic nitrogens is 1. The third-order valence-electron chi connectivity index (χ3n) is 5.66. The highest BCUT2D eigenvalue weighted by Gasteiger charge is 2.41. The molecule has 3 aromatic rings. The summed E-state index contributed by atoms with van der Waals surface area (Å²) in [5, 5.41) is 4.75. The molecule has 0 radical (unpaired) electrons. The molecule has 0 bridgehead atoms. The number of Topliss-reactive ketones (excluding diaryl/α,β-unsaturated/α-hetero) is 1. The number of ketones is 1. The highest BCUT2D eigenvalue weighted by molar-refractivity contribution is 7.12. The Morgan fingerprint density at radius 1 is 1.15 bits per heavy atom. The lowest BCUT2D eigenvalue weighted by Gasteiger charge is -2.39. The van der Waals surface area contributed by atoms with Gasteiger partial charge in [0, 0.05) is 44.7 Å². The molecule has 3 nitrogen and oxygen atoms in total. The lowest BCUT2D eigenvalue weighted by Crippen LogP contribution is -2.33. The number of nitrogens with one attached hydrogen (secondary N) is 1. The zero-order valence-electron chi connectivity index (χ0n) is 15.8. The van der Waals surface area contributed by atoms with Gasteiger partial charge in [-0.3, -0.25) is 9.78 Å². The Balaban J connectivity index is 1.82. The molecule has 1 unspecified atom stereocenters. The molecule has 1 aliphatic heterocycles. The highest BCUT2D eigenvalue weighted by Crippen LogP contribution is 2.51. The van der Waals surface area contributed by atoms with E-state index in [0.717, 1.165) is 34.3 Å². The van der Waals surface area contributed by atoms with Crippen molar-refractivity contribution in [1.82, 2.24) is 4.98 Å². The van der Waals surface area contributed by atoms with E-state index in [4.69, 9.17) is 0 Å². The van der Waals surface area contributed by atoms with E-state index in [-0.39, 0.29) is 17.1 Å². The molecule has 2 aromatic heterocycles. The lowest BCUT2D eigenvalue weighted by atomic mass is 9.69. The molecule has 0 amide bonds. The van der Waals surface area contributed by atoms with E-state index in [1.165, 1.54) is 15.3 Å². The Morgan fingerprint density at radius 3 is 2.78 bits per heavy atom. The number of hydrogen-bond donors (Lipinski definition) is 1. The molecule has 136 valence electrons. The van der Waals surface area contributed by atoms with Gasteiger partial charge in [0.2, 0.25) is 0 Å². The average Bonchev–Trinajstić information content (AvgIpc) is 3.04. The summed E-state index contributed by atoms with van der Waals surface area (Å²) in [6.45, 7) is 6.49. The SMILES string of the molecule is Cc1ccc(C2C3=C(CC(C)(C)CC3=O)Nc3ccc4ncccc4c32)s1. The van der Waals surface area contributed by atoms with Crippen LogP contribution in [0, 0.1) is 12.3 Å². The molecule has 1 N–H and O–H groups in total. The number of fused-ring (bicyclic) bond motifs is 3. The number of carbonyl (C=O) groups is 1. The molecule has 0 saturated carbocycles. The zero-order chi connectivity index (χ0) is 18.8. The van der Waals surface area contributed by atoms with Crippen molar-refractivity contribution in [3.63, 3.8) is 0 Å². The normalized spacial score (nSPS) is 21.0. The third-order valence-corrected chi connectivity index (χ3v) is 6.72. The summed E-state index contributed by atoms with van der Waals surface area (Å²) in [6, 6.07) is 12.6. The van der Waals surface area contributed by atoms with Gasteiger partial charge < -0.3 is 5.32 Å². The van der Waals surface area contributed by atoms with Crippen molar-refractivity contribution in [3.8, 4) is 0 Å². The van der Waals surface area contributed by atoms with Gasteiger partial charge in [-0.1, -0.05) is 19.9 Å². The van der Waals surface area contributed by atoms with Crippen molar-refractivity contribution in [2.45, 2.75) is 39.5 Å². The maximum atomic E-state index is 13.3. The fraction of sp³-hybridized carbons (Fsp3) is 0.304. The summed E-state index contributed by atoms with van der Waals surface area (Å²) in [6.07, 6.45) is 3.33. The summed E-state index contributed by atoms with van der Waals surface area (Å²) in [7, 11) is 0. The minimum absolute atomic E-state index is 0.00522. The monoisotopic (exact) mass is 374 g/mol. The molecule has 3 heterocycles. The smallest absolute Gasteiger partial charge is 0.162 e. The molecular formula is C23H22N2OS. The van der Waals surface area contributed by atoms with Crippen molar-refractivity contribution in [2.75, 3.05) is 5.32 Å². The van der Waals surface area contributed by atoms with E-state index >= 15 is 0 Å². The largest absolute Gasteiger partial charge is 0.358 e. The number of hydrogen-bond acceptors (Lipinski definition) is 4. The van der Waals surface area contributed by atoms with Crippen molar-refractivity contribution in [3.05, 3.63) is 69.2 Å². The van der Waals surface area contributed by atoms with Gasteiger partial charge in [0.15, 0.2) is 5.78 Å². The molecule has 27 heavy (non-hydrogen) atoms. The predicted octanol–water partition coefficient (Wildman–Crippen LogP) is 5.81. The number of nitrogens with zero attached hydrogens (tertiary/aromatic N) is 1. The molecule has 1 aromatic carbocycles. The second kappa shape index (κ2) is 5.77. The van der Waals surface area contributed by atoms with Crippen LogP contribution in [0.15, 0.2) is 53.9 Å². The summed E-state index contributed by atoms with van der Waals surface area (Å²) in [4.78, 5) is 20.3. The van der Waals surface area contributed by atoms with Crippen molar-refractivity contribution >= 4 is 33.7 Å². The maximum Gasteiger partial charge on any atom is 0.162 e. The van der Waals surface area contributed by atoms with Crippen LogP contribution < -0.4 is 5.32 Å². The van der Waals surface area contributed by atoms with Gasteiger partial charge in [0.05, 0.1) is 11.4 Å². The van der Waals surface area contributed by atoms with Gasteiger partial charge in [-0.25, -0.2) is 0 Å². The van der Waals surface area contributed by atoms with Crippen molar-refractivity contribution in [1.29, 1.82) is 0 Å². The summed E-state index contributed by atoms with van der Waals surface area (Å²) < 4.78 is 0.